The Hall–Kier alpha value is -1.17. The lowest BCUT2D eigenvalue weighted by Crippen LogP contribution is -2.44. The summed E-state index contributed by atoms with van der Waals surface area (Å²) in [6, 6.07) is 4.71. The number of hydrogen-bond acceptors (Lipinski definition) is 1. The maximum absolute atomic E-state index is 11.9. The summed E-state index contributed by atoms with van der Waals surface area (Å²) in [5.74, 6) is 2.31. The molecular formula is C13H13Cl2NO. The van der Waals surface area contributed by atoms with Crippen LogP contribution in [-0.4, -0.2) is 11.4 Å². The van der Waals surface area contributed by atoms with E-state index < -0.39 is 5.54 Å². The van der Waals surface area contributed by atoms with Crippen molar-refractivity contribution in [1.82, 2.24) is 5.32 Å². The Kier molecular flexibility index (Phi) is 4.45. The number of terminal acetylenes is 1. The zero-order valence-electron chi connectivity index (χ0n) is 9.68. The van der Waals surface area contributed by atoms with E-state index in [0.29, 0.717) is 22.0 Å². The molecule has 17 heavy (non-hydrogen) atoms. The van der Waals surface area contributed by atoms with Crippen molar-refractivity contribution >= 4 is 29.1 Å². The van der Waals surface area contributed by atoms with Gasteiger partial charge < -0.3 is 5.32 Å². The molecule has 1 rings (SSSR count). The Labute approximate surface area is 111 Å². The van der Waals surface area contributed by atoms with Crippen molar-refractivity contribution in [3.05, 3.63) is 33.8 Å². The monoisotopic (exact) mass is 269 g/mol. The number of benzene rings is 1. The molecule has 0 aliphatic heterocycles. The van der Waals surface area contributed by atoms with Gasteiger partial charge in [-0.25, -0.2) is 0 Å². The van der Waals surface area contributed by atoms with Crippen LogP contribution in [-0.2, 0) is 0 Å². The molecular weight excluding hydrogens is 257 g/mol. The van der Waals surface area contributed by atoms with Crippen LogP contribution in [0.15, 0.2) is 18.2 Å². The summed E-state index contributed by atoms with van der Waals surface area (Å²) in [6.07, 6.45) is 6.04. The highest BCUT2D eigenvalue weighted by atomic mass is 35.5. The van der Waals surface area contributed by atoms with Crippen LogP contribution in [0.1, 0.15) is 30.6 Å². The maximum Gasteiger partial charge on any atom is 0.252 e. The lowest BCUT2D eigenvalue weighted by atomic mass is 9.99. The van der Waals surface area contributed by atoms with Crippen LogP contribution in [0.3, 0.4) is 0 Å². The van der Waals surface area contributed by atoms with E-state index in [2.05, 4.69) is 11.2 Å². The van der Waals surface area contributed by atoms with Gasteiger partial charge in [0.2, 0.25) is 0 Å². The van der Waals surface area contributed by atoms with E-state index in [-0.39, 0.29) is 5.91 Å². The normalized spacial score (nSPS) is 13.6. The third-order valence-electron chi connectivity index (χ3n) is 2.60. The fourth-order valence-electron chi connectivity index (χ4n) is 1.19. The van der Waals surface area contributed by atoms with Gasteiger partial charge in [-0.1, -0.05) is 36.0 Å². The van der Waals surface area contributed by atoms with Gasteiger partial charge in [0.25, 0.3) is 5.91 Å². The van der Waals surface area contributed by atoms with Crippen molar-refractivity contribution in [2.45, 2.75) is 25.8 Å². The van der Waals surface area contributed by atoms with Gasteiger partial charge in [0.1, 0.15) is 0 Å². The van der Waals surface area contributed by atoms with E-state index >= 15 is 0 Å². The Morgan fingerprint density at radius 3 is 2.59 bits per heavy atom. The lowest BCUT2D eigenvalue weighted by Gasteiger charge is -2.23. The van der Waals surface area contributed by atoms with E-state index in [1.165, 1.54) is 6.07 Å². The van der Waals surface area contributed by atoms with Crippen molar-refractivity contribution in [3.63, 3.8) is 0 Å². The molecule has 2 nitrogen and oxygen atoms in total. The molecule has 0 saturated carbocycles. The molecule has 0 aromatic heterocycles. The van der Waals surface area contributed by atoms with Crippen LogP contribution < -0.4 is 5.32 Å². The topological polar surface area (TPSA) is 29.1 Å². The third kappa shape index (κ3) is 3.39. The molecule has 0 fully saturated rings. The summed E-state index contributed by atoms with van der Waals surface area (Å²) in [6.45, 7) is 3.71. The minimum absolute atomic E-state index is 0.258. The highest BCUT2D eigenvalue weighted by Crippen LogP contribution is 2.22. The minimum Gasteiger partial charge on any atom is -0.336 e. The average molecular weight is 270 g/mol. The Morgan fingerprint density at radius 1 is 1.47 bits per heavy atom. The molecule has 0 aliphatic rings. The van der Waals surface area contributed by atoms with Crippen LogP contribution in [0.4, 0.5) is 0 Å². The number of nitrogens with one attached hydrogen (secondary N) is 1. The summed E-state index contributed by atoms with van der Waals surface area (Å²) >= 11 is 11.6. The second-order valence-corrected chi connectivity index (χ2v) is 4.73. The van der Waals surface area contributed by atoms with Crippen molar-refractivity contribution in [2.75, 3.05) is 0 Å². The highest BCUT2D eigenvalue weighted by Gasteiger charge is 2.22. The smallest absolute Gasteiger partial charge is 0.252 e. The van der Waals surface area contributed by atoms with Crippen LogP contribution in [0, 0.1) is 12.3 Å². The van der Waals surface area contributed by atoms with E-state index in [9.17, 15) is 4.79 Å². The van der Waals surface area contributed by atoms with Gasteiger partial charge in [-0.15, -0.1) is 6.42 Å². The largest absolute Gasteiger partial charge is 0.336 e. The van der Waals surface area contributed by atoms with Gasteiger partial charge in [0.05, 0.1) is 15.6 Å². The molecule has 0 spiro atoms. The number of carbonyl (C=O) groups is 1. The molecule has 1 aromatic rings. The van der Waals surface area contributed by atoms with Gasteiger partial charge in [-0.2, -0.15) is 0 Å². The number of rotatable bonds is 3. The molecule has 0 saturated heterocycles. The predicted molar refractivity (Wildman–Crippen MR) is 71.5 cm³/mol. The second kappa shape index (κ2) is 5.44. The fraction of sp³-hybridized carbons (Fsp3) is 0.308. The number of halogens is 2. The number of amides is 1. The molecule has 1 atom stereocenters. The first-order chi connectivity index (χ1) is 7.91. The quantitative estimate of drug-likeness (QED) is 0.836. The van der Waals surface area contributed by atoms with Crippen molar-refractivity contribution in [3.8, 4) is 12.3 Å². The van der Waals surface area contributed by atoms with Gasteiger partial charge in [0.15, 0.2) is 0 Å². The van der Waals surface area contributed by atoms with Gasteiger partial charge >= 0.3 is 0 Å². The minimum atomic E-state index is -0.650. The third-order valence-corrected chi connectivity index (χ3v) is 3.34. The lowest BCUT2D eigenvalue weighted by molar-refractivity contribution is 0.0924. The molecule has 0 heterocycles. The van der Waals surface area contributed by atoms with E-state index in [0.717, 1.165) is 0 Å². The summed E-state index contributed by atoms with van der Waals surface area (Å²) in [5, 5.41) is 3.54. The van der Waals surface area contributed by atoms with Crippen LogP contribution in [0.5, 0.6) is 0 Å². The molecule has 0 radical (unpaired) electrons. The molecule has 1 N–H and O–H groups in total. The van der Waals surface area contributed by atoms with Crippen LogP contribution >= 0.6 is 23.2 Å². The van der Waals surface area contributed by atoms with E-state index in [1.807, 2.05) is 6.92 Å². The van der Waals surface area contributed by atoms with Gasteiger partial charge in [-0.05, 0) is 31.5 Å². The standard InChI is InChI=1S/C13H13Cl2NO/c1-4-13(3,5-2)16-12(17)9-6-7-10(14)11(15)8-9/h1,6-8H,5H2,2-3H3,(H,16,17). The molecule has 90 valence electrons. The zero-order chi connectivity index (χ0) is 13.1. The average Bonchev–Trinajstić information content (AvgIpc) is 2.32. The molecule has 0 bridgehead atoms. The summed E-state index contributed by atoms with van der Waals surface area (Å²) < 4.78 is 0. The number of hydrogen-bond donors (Lipinski definition) is 1. The van der Waals surface area contributed by atoms with Crippen LogP contribution in [0.25, 0.3) is 0 Å². The summed E-state index contributed by atoms with van der Waals surface area (Å²) in [5.41, 5.74) is -0.210. The molecule has 1 aromatic carbocycles. The first kappa shape index (κ1) is 13.9. The number of carbonyl (C=O) groups excluding carboxylic acids is 1. The van der Waals surface area contributed by atoms with E-state index in [1.54, 1.807) is 19.1 Å². The second-order valence-electron chi connectivity index (χ2n) is 3.91. The van der Waals surface area contributed by atoms with Gasteiger partial charge in [-0.3, -0.25) is 4.79 Å². The first-order valence-electron chi connectivity index (χ1n) is 5.17. The van der Waals surface area contributed by atoms with Gasteiger partial charge in [0, 0.05) is 5.56 Å². The molecule has 4 heteroatoms. The molecule has 1 amide bonds. The predicted octanol–water partition coefficient (Wildman–Crippen LogP) is 3.53. The molecule has 0 aliphatic carbocycles. The van der Waals surface area contributed by atoms with Crippen molar-refractivity contribution < 1.29 is 4.79 Å². The first-order valence-corrected chi connectivity index (χ1v) is 5.93. The SMILES string of the molecule is C#CC(C)(CC)NC(=O)c1ccc(Cl)c(Cl)c1. The zero-order valence-corrected chi connectivity index (χ0v) is 11.2. The Morgan fingerprint density at radius 2 is 2.12 bits per heavy atom. The Bertz CT molecular complexity index is 479. The maximum atomic E-state index is 11.9. The summed E-state index contributed by atoms with van der Waals surface area (Å²) in [4.78, 5) is 11.9. The fourth-order valence-corrected chi connectivity index (χ4v) is 1.48. The van der Waals surface area contributed by atoms with Crippen molar-refractivity contribution in [1.29, 1.82) is 0 Å². The van der Waals surface area contributed by atoms with E-state index in [4.69, 9.17) is 29.6 Å². The van der Waals surface area contributed by atoms with Crippen molar-refractivity contribution in [2.24, 2.45) is 0 Å². The summed E-state index contributed by atoms with van der Waals surface area (Å²) in [7, 11) is 0. The molecule has 1 unspecified atom stereocenters. The Balaban J connectivity index is 2.91. The highest BCUT2D eigenvalue weighted by molar-refractivity contribution is 6.42. The van der Waals surface area contributed by atoms with Crippen LogP contribution in [0.2, 0.25) is 10.0 Å².